The van der Waals surface area contributed by atoms with Crippen molar-refractivity contribution in [3.8, 4) is 0 Å². The second-order valence-corrected chi connectivity index (χ2v) is 5.68. The number of halogens is 1. The number of benzene rings is 1. The summed E-state index contributed by atoms with van der Waals surface area (Å²) in [6, 6.07) is 6.84. The van der Waals surface area contributed by atoms with Gasteiger partial charge in [-0.15, -0.1) is 0 Å². The van der Waals surface area contributed by atoms with Crippen LogP contribution in [0.1, 0.15) is 37.7 Å². The van der Waals surface area contributed by atoms with Crippen molar-refractivity contribution in [3.63, 3.8) is 0 Å². The first-order valence-corrected chi connectivity index (χ1v) is 7.67. The van der Waals surface area contributed by atoms with Gasteiger partial charge in [-0.25, -0.2) is 9.18 Å². The molecule has 1 fully saturated rings. The molecule has 0 aromatic heterocycles. The molecule has 1 saturated heterocycles. The Morgan fingerprint density at radius 3 is 2.81 bits per heavy atom. The summed E-state index contributed by atoms with van der Waals surface area (Å²) in [4.78, 5) is 13.1. The molecule has 1 heterocycles. The van der Waals surface area contributed by atoms with Crippen LogP contribution in [-0.4, -0.2) is 30.1 Å². The molecule has 1 aromatic carbocycles. The lowest BCUT2D eigenvalue weighted by Gasteiger charge is -2.36. The molecule has 1 aromatic rings. The molecule has 1 aliphatic rings. The lowest BCUT2D eigenvalue weighted by molar-refractivity contribution is 0.130. The first-order valence-electron chi connectivity index (χ1n) is 7.67. The van der Waals surface area contributed by atoms with Crippen LogP contribution in [0.25, 0.3) is 0 Å². The summed E-state index contributed by atoms with van der Waals surface area (Å²) in [6.07, 6.45) is 5.66. The van der Waals surface area contributed by atoms with Gasteiger partial charge in [-0.3, -0.25) is 4.90 Å². The van der Waals surface area contributed by atoms with E-state index < -0.39 is 6.03 Å². The SMILES string of the molecule is NC(=O)NCCCC1CCCCN1Cc1ccc(F)cc1. The molecule has 2 amide bonds. The molecule has 0 spiro atoms. The van der Waals surface area contributed by atoms with E-state index in [1.807, 2.05) is 12.1 Å². The van der Waals surface area contributed by atoms with Gasteiger partial charge in [-0.1, -0.05) is 18.6 Å². The maximum atomic E-state index is 13.0. The monoisotopic (exact) mass is 293 g/mol. The quantitative estimate of drug-likeness (QED) is 0.792. The van der Waals surface area contributed by atoms with Crippen LogP contribution in [0.4, 0.5) is 9.18 Å². The van der Waals surface area contributed by atoms with Crippen LogP contribution < -0.4 is 11.1 Å². The number of nitrogens with two attached hydrogens (primary N) is 1. The highest BCUT2D eigenvalue weighted by molar-refractivity contribution is 5.71. The first-order chi connectivity index (χ1) is 10.1. The van der Waals surface area contributed by atoms with E-state index in [1.54, 1.807) is 0 Å². The first kappa shape index (κ1) is 15.8. The fourth-order valence-corrected chi connectivity index (χ4v) is 2.97. The molecular formula is C16H24FN3O. The number of carbonyl (C=O) groups excluding carboxylic acids is 1. The molecule has 1 atom stereocenters. The minimum absolute atomic E-state index is 0.188. The Balaban J connectivity index is 1.83. The largest absolute Gasteiger partial charge is 0.352 e. The smallest absolute Gasteiger partial charge is 0.312 e. The van der Waals surface area contributed by atoms with Crippen molar-refractivity contribution in [2.75, 3.05) is 13.1 Å². The lowest BCUT2D eigenvalue weighted by Crippen LogP contribution is -2.39. The summed E-state index contributed by atoms with van der Waals surface area (Å²) < 4.78 is 13.0. The molecule has 1 aliphatic heterocycles. The molecule has 0 saturated carbocycles. The summed E-state index contributed by atoms with van der Waals surface area (Å²) in [6.45, 7) is 2.59. The Morgan fingerprint density at radius 1 is 1.33 bits per heavy atom. The van der Waals surface area contributed by atoms with Crippen LogP contribution >= 0.6 is 0 Å². The third-order valence-electron chi connectivity index (χ3n) is 4.06. The van der Waals surface area contributed by atoms with E-state index in [1.165, 1.54) is 31.4 Å². The standard InChI is InChI=1S/C16H24FN3O/c17-14-8-6-13(7-9-14)12-20-11-2-1-4-15(20)5-3-10-19-16(18)21/h6-9,15H,1-5,10-12H2,(H3,18,19,21). The number of hydrogen-bond acceptors (Lipinski definition) is 2. The molecule has 0 bridgehead atoms. The maximum absolute atomic E-state index is 13.0. The third kappa shape index (κ3) is 5.34. The zero-order chi connectivity index (χ0) is 15.1. The molecule has 21 heavy (non-hydrogen) atoms. The van der Waals surface area contributed by atoms with Crippen molar-refractivity contribution in [1.29, 1.82) is 0 Å². The van der Waals surface area contributed by atoms with Crippen molar-refractivity contribution in [3.05, 3.63) is 35.6 Å². The van der Waals surface area contributed by atoms with Gasteiger partial charge in [0.05, 0.1) is 0 Å². The fourth-order valence-electron chi connectivity index (χ4n) is 2.97. The van der Waals surface area contributed by atoms with Crippen molar-refractivity contribution >= 4 is 6.03 Å². The average Bonchev–Trinajstić information content (AvgIpc) is 2.47. The normalized spacial score (nSPS) is 19.4. The van der Waals surface area contributed by atoms with Gasteiger partial charge < -0.3 is 11.1 Å². The average molecular weight is 293 g/mol. The Hall–Kier alpha value is -1.62. The van der Waals surface area contributed by atoms with Gasteiger partial charge in [0.1, 0.15) is 5.82 Å². The second-order valence-electron chi connectivity index (χ2n) is 5.68. The van der Waals surface area contributed by atoms with Crippen molar-refractivity contribution in [2.24, 2.45) is 5.73 Å². The molecule has 1 unspecified atom stereocenters. The lowest BCUT2D eigenvalue weighted by atomic mass is 9.97. The van der Waals surface area contributed by atoms with Crippen LogP contribution in [0.3, 0.4) is 0 Å². The van der Waals surface area contributed by atoms with E-state index in [-0.39, 0.29) is 5.82 Å². The van der Waals surface area contributed by atoms with Gasteiger partial charge >= 0.3 is 6.03 Å². The van der Waals surface area contributed by atoms with Crippen molar-refractivity contribution in [1.82, 2.24) is 10.2 Å². The summed E-state index contributed by atoms with van der Waals surface area (Å²) in [5.74, 6) is -0.188. The third-order valence-corrected chi connectivity index (χ3v) is 4.06. The topological polar surface area (TPSA) is 58.4 Å². The van der Waals surface area contributed by atoms with E-state index >= 15 is 0 Å². The number of amides is 2. The molecule has 4 nitrogen and oxygen atoms in total. The zero-order valence-corrected chi connectivity index (χ0v) is 12.4. The number of nitrogens with one attached hydrogen (secondary N) is 1. The highest BCUT2D eigenvalue weighted by Crippen LogP contribution is 2.23. The zero-order valence-electron chi connectivity index (χ0n) is 12.4. The van der Waals surface area contributed by atoms with Gasteiger partial charge in [0.15, 0.2) is 0 Å². The minimum Gasteiger partial charge on any atom is -0.352 e. The Labute approximate surface area is 125 Å². The van der Waals surface area contributed by atoms with Crippen LogP contribution in [0.2, 0.25) is 0 Å². The van der Waals surface area contributed by atoms with Gasteiger partial charge in [0.2, 0.25) is 0 Å². The molecule has 0 aliphatic carbocycles. The molecule has 3 N–H and O–H groups in total. The number of carbonyl (C=O) groups is 1. The molecule has 5 heteroatoms. The number of urea groups is 1. The number of piperidine rings is 1. The van der Waals surface area contributed by atoms with E-state index in [4.69, 9.17) is 5.73 Å². The number of nitrogens with zero attached hydrogens (tertiary/aromatic N) is 1. The van der Waals surface area contributed by atoms with E-state index in [9.17, 15) is 9.18 Å². The van der Waals surface area contributed by atoms with E-state index in [0.717, 1.165) is 31.5 Å². The van der Waals surface area contributed by atoms with Gasteiger partial charge in [0.25, 0.3) is 0 Å². The predicted octanol–water partition coefficient (Wildman–Crippen LogP) is 2.63. The fraction of sp³-hybridized carbons (Fsp3) is 0.562. The van der Waals surface area contributed by atoms with Crippen LogP contribution in [-0.2, 0) is 6.54 Å². The Kier molecular flexibility index (Phi) is 5.99. The van der Waals surface area contributed by atoms with E-state index in [2.05, 4.69) is 10.2 Å². The molecule has 0 radical (unpaired) electrons. The molecular weight excluding hydrogens is 269 g/mol. The number of rotatable bonds is 6. The summed E-state index contributed by atoms with van der Waals surface area (Å²) >= 11 is 0. The minimum atomic E-state index is -0.457. The van der Waals surface area contributed by atoms with Crippen molar-refractivity contribution < 1.29 is 9.18 Å². The summed E-state index contributed by atoms with van der Waals surface area (Å²) in [5, 5.41) is 2.63. The number of hydrogen-bond donors (Lipinski definition) is 2. The number of primary amides is 1. The highest BCUT2D eigenvalue weighted by Gasteiger charge is 2.21. The van der Waals surface area contributed by atoms with E-state index in [0.29, 0.717) is 12.6 Å². The van der Waals surface area contributed by atoms with Crippen molar-refractivity contribution in [2.45, 2.75) is 44.7 Å². The predicted molar refractivity (Wildman–Crippen MR) is 81.3 cm³/mol. The Bertz CT molecular complexity index is 449. The summed E-state index contributed by atoms with van der Waals surface area (Å²) in [5.41, 5.74) is 6.21. The van der Waals surface area contributed by atoms with Crippen LogP contribution in [0, 0.1) is 5.82 Å². The summed E-state index contributed by atoms with van der Waals surface area (Å²) in [7, 11) is 0. The van der Waals surface area contributed by atoms with Crippen LogP contribution in [0.5, 0.6) is 0 Å². The van der Waals surface area contributed by atoms with Gasteiger partial charge in [-0.2, -0.15) is 0 Å². The maximum Gasteiger partial charge on any atom is 0.312 e. The Morgan fingerprint density at radius 2 is 2.10 bits per heavy atom. The van der Waals surface area contributed by atoms with Gasteiger partial charge in [0, 0.05) is 19.1 Å². The molecule has 116 valence electrons. The molecule has 2 rings (SSSR count). The number of likely N-dealkylation sites (tertiary alicyclic amines) is 1. The highest BCUT2D eigenvalue weighted by atomic mass is 19.1. The second kappa shape index (κ2) is 7.98. The van der Waals surface area contributed by atoms with Crippen LogP contribution in [0.15, 0.2) is 24.3 Å². The van der Waals surface area contributed by atoms with Gasteiger partial charge in [-0.05, 0) is 49.9 Å².